The molecule has 1 aliphatic heterocycles. The van der Waals surface area contributed by atoms with Crippen molar-refractivity contribution in [3.05, 3.63) is 80.9 Å². The van der Waals surface area contributed by atoms with E-state index >= 15 is 0 Å². The maximum absolute atomic E-state index is 13.3. The van der Waals surface area contributed by atoms with E-state index in [1.165, 1.54) is 22.6 Å². The number of aryl methyl sites for hydroxylation is 1. The fourth-order valence-electron chi connectivity index (χ4n) is 4.20. The average Bonchev–Trinajstić information content (AvgIpc) is 3.12. The second kappa shape index (κ2) is 8.83. The van der Waals surface area contributed by atoms with E-state index in [0.29, 0.717) is 34.6 Å². The Bertz CT molecular complexity index is 1460. The SMILES string of the molecule is COc1ccc(NC(=O)Cn2nc3cc(C)nc(N4CCc5ccccc5C4)n3c2=O)cc1Cl. The lowest BCUT2D eigenvalue weighted by Gasteiger charge is -2.29. The maximum Gasteiger partial charge on any atom is 0.353 e. The summed E-state index contributed by atoms with van der Waals surface area (Å²) in [5.41, 5.74) is 3.80. The van der Waals surface area contributed by atoms with Gasteiger partial charge >= 0.3 is 5.69 Å². The Morgan fingerprint density at radius 1 is 1.18 bits per heavy atom. The van der Waals surface area contributed by atoms with Crippen LogP contribution in [0.3, 0.4) is 0 Å². The highest BCUT2D eigenvalue weighted by Crippen LogP contribution is 2.27. The second-order valence-corrected chi connectivity index (χ2v) is 8.58. The Morgan fingerprint density at radius 2 is 1.97 bits per heavy atom. The monoisotopic (exact) mass is 478 g/mol. The number of rotatable bonds is 5. The zero-order valence-electron chi connectivity index (χ0n) is 18.8. The zero-order valence-corrected chi connectivity index (χ0v) is 19.5. The molecule has 174 valence electrons. The molecular formula is C24H23ClN6O3. The zero-order chi connectivity index (χ0) is 23.8. The number of fused-ring (bicyclic) bond motifs is 2. The van der Waals surface area contributed by atoms with Gasteiger partial charge in [0.15, 0.2) is 5.65 Å². The smallest absolute Gasteiger partial charge is 0.353 e. The number of anilines is 2. The Labute approximate surface area is 200 Å². The number of nitrogens with one attached hydrogen (secondary N) is 1. The predicted octanol–water partition coefficient (Wildman–Crippen LogP) is 3.06. The van der Waals surface area contributed by atoms with Crippen LogP contribution in [-0.4, -0.2) is 38.7 Å². The van der Waals surface area contributed by atoms with Gasteiger partial charge < -0.3 is 15.0 Å². The quantitative estimate of drug-likeness (QED) is 0.474. The van der Waals surface area contributed by atoms with Gasteiger partial charge in [-0.2, -0.15) is 0 Å². The van der Waals surface area contributed by atoms with Gasteiger partial charge in [-0.1, -0.05) is 35.9 Å². The van der Waals surface area contributed by atoms with Crippen molar-refractivity contribution in [3.63, 3.8) is 0 Å². The van der Waals surface area contributed by atoms with E-state index < -0.39 is 11.6 Å². The van der Waals surface area contributed by atoms with Gasteiger partial charge in [0, 0.05) is 30.5 Å². The number of aromatic nitrogens is 4. The number of benzene rings is 2. The molecule has 0 spiro atoms. The molecule has 2 aromatic carbocycles. The molecule has 0 radical (unpaired) electrons. The fraction of sp³-hybridized carbons (Fsp3) is 0.250. The molecule has 5 rings (SSSR count). The van der Waals surface area contributed by atoms with Crippen LogP contribution in [0.2, 0.25) is 5.02 Å². The molecule has 0 saturated carbocycles. The third-order valence-electron chi connectivity index (χ3n) is 5.82. The highest BCUT2D eigenvalue weighted by Gasteiger charge is 2.23. The number of ether oxygens (including phenoxy) is 1. The number of amides is 1. The van der Waals surface area contributed by atoms with Crippen LogP contribution in [0.4, 0.5) is 11.6 Å². The minimum absolute atomic E-state index is 0.245. The van der Waals surface area contributed by atoms with Crippen molar-refractivity contribution in [1.82, 2.24) is 19.2 Å². The van der Waals surface area contributed by atoms with Crippen molar-refractivity contribution < 1.29 is 9.53 Å². The van der Waals surface area contributed by atoms with E-state index in [4.69, 9.17) is 16.3 Å². The fourth-order valence-corrected chi connectivity index (χ4v) is 4.45. The lowest BCUT2D eigenvalue weighted by atomic mass is 10.0. The number of carbonyl (C=O) groups excluding carboxylic acids is 1. The van der Waals surface area contributed by atoms with Crippen LogP contribution in [0.15, 0.2) is 53.3 Å². The minimum Gasteiger partial charge on any atom is -0.495 e. The summed E-state index contributed by atoms with van der Waals surface area (Å²) < 4.78 is 7.75. The van der Waals surface area contributed by atoms with Crippen molar-refractivity contribution in [3.8, 4) is 5.75 Å². The first kappa shape index (κ1) is 22.0. The maximum atomic E-state index is 13.3. The number of nitrogens with zero attached hydrogens (tertiary/aromatic N) is 5. The second-order valence-electron chi connectivity index (χ2n) is 8.17. The molecule has 3 heterocycles. The molecule has 0 aliphatic carbocycles. The Balaban J connectivity index is 1.43. The summed E-state index contributed by atoms with van der Waals surface area (Å²) in [7, 11) is 1.52. The van der Waals surface area contributed by atoms with E-state index in [-0.39, 0.29) is 6.54 Å². The summed E-state index contributed by atoms with van der Waals surface area (Å²) >= 11 is 6.13. The van der Waals surface area contributed by atoms with Gasteiger partial charge in [-0.15, -0.1) is 5.10 Å². The Hall–Kier alpha value is -3.85. The molecule has 2 aromatic heterocycles. The van der Waals surface area contributed by atoms with Gasteiger partial charge in [0.25, 0.3) is 0 Å². The van der Waals surface area contributed by atoms with Crippen LogP contribution >= 0.6 is 11.6 Å². The molecule has 0 unspecified atom stereocenters. The normalized spacial score (nSPS) is 13.1. The number of hydrogen-bond acceptors (Lipinski definition) is 6. The van der Waals surface area contributed by atoms with E-state index in [1.54, 1.807) is 24.3 Å². The molecule has 10 heteroatoms. The molecule has 9 nitrogen and oxygen atoms in total. The number of methoxy groups -OCH3 is 1. The topological polar surface area (TPSA) is 93.8 Å². The third kappa shape index (κ3) is 4.10. The first-order valence-electron chi connectivity index (χ1n) is 10.9. The van der Waals surface area contributed by atoms with Crippen LogP contribution in [0.25, 0.3) is 5.65 Å². The van der Waals surface area contributed by atoms with Gasteiger partial charge in [0.2, 0.25) is 11.9 Å². The minimum atomic E-state index is -0.417. The van der Waals surface area contributed by atoms with Gasteiger partial charge in [-0.05, 0) is 42.7 Å². The summed E-state index contributed by atoms with van der Waals surface area (Å²) in [5.74, 6) is 0.639. The summed E-state index contributed by atoms with van der Waals surface area (Å²) in [6.07, 6.45) is 0.864. The molecule has 4 aromatic rings. The molecule has 0 fully saturated rings. The van der Waals surface area contributed by atoms with Gasteiger partial charge in [-0.25, -0.2) is 18.9 Å². The Morgan fingerprint density at radius 3 is 2.74 bits per heavy atom. The largest absolute Gasteiger partial charge is 0.495 e. The van der Waals surface area contributed by atoms with Crippen molar-refractivity contribution >= 4 is 34.8 Å². The van der Waals surface area contributed by atoms with Crippen LogP contribution in [-0.2, 0) is 24.3 Å². The molecule has 1 amide bonds. The van der Waals surface area contributed by atoms with Gasteiger partial charge in [0.1, 0.15) is 12.3 Å². The molecule has 0 atom stereocenters. The van der Waals surface area contributed by atoms with E-state index in [2.05, 4.69) is 32.4 Å². The highest BCUT2D eigenvalue weighted by atomic mass is 35.5. The van der Waals surface area contributed by atoms with E-state index in [9.17, 15) is 9.59 Å². The van der Waals surface area contributed by atoms with Gasteiger partial charge in [0.05, 0.1) is 12.1 Å². The Kier molecular flexibility index (Phi) is 5.70. The highest BCUT2D eigenvalue weighted by molar-refractivity contribution is 6.32. The summed E-state index contributed by atoms with van der Waals surface area (Å²) in [5, 5.41) is 7.51. The first-order chi connectivity index (χ1) is 16.4. The van der Waals surface area contributed by atoms with Crippen molar-refractivity contribution in [2.45, 2.75) is 26.4 Å². The lowest BCUT2D eigenvalue weighted by molar-refractivity contribution is -0.117. The van der Waals surface area contributed by atoms with E-state index in [1.807, 2.05) is 19.1 Å². The molecule has 0 saturated heterocycles. The standard InChI is InChI=1S/C24H23ClN6O3/c1-15-11-21-28-30(14-22(32)27-18-7-8-20(34-2)19(25)12-18)24(33)31(21)23(26-15)29-10-9-16-5-3-4-6-17(16)13-29/h3-8,11-12H,9-10,13-14H2,1-2H3,(H,27,32). The van der Waals surface area contributed by atoms with Crippen LogP contribution in [0.1, 0.15) is 16.8 Å². The number of carbonyl (C=O) groups is 1. The van der Waals surface area contributed by atoms with Crippen LogP contribution in [0, 0.1) is 6.92 Å². The van der Waals surface area contributed by atoms with Crippen molar-refractivity contribution in [2.75, 3.05) is 23.9 Å². The summed E-state index contributed by atoms with van der Waals surface area (Å²) in [4.78, 5) is 32.6. The average molecular weight is 479 g/mol. The summed E-state index contributed by atoms with van der Waals surface area (Å²) in [6, 6.07) is 14.9. The van der Waals surface area contributed by atoms with Crippen LogP contribution < -0.4 is 20.6 Å². The van der Waals surface area contributed by atoms with Gasteiger partial charge in [-0.3, -0.25) is 4.79 Å². The number of hydrogen-bond donors (Lipinski definition) is 1. The summed E-state index contributed by atoms with van der Waals surface area (Å²) in [6.45, 7) is 3.01. The molecular weight excluding hydrogens is 456 g/mol. The third-order valence-corrected chi connectivity index (χ3v) is 6.12. The van der Waals surface area contributed by atoms with Crippen LogP contribution in [0.5, 0.6) is 5.75 Å². The first-order valence-corrected chi connectivity index (χ1v) is 11.2. The van der Waals surface area contributed by atoms with Crippen molar-refractivity contribution in [1.29, 1.82) is 0 Å². The molecule has 0 bridgehead atoms. The van der Waals surface area contributed by atoms with Crippen molar-refractivity contribution in [2.24, 2.45) is 0 Å². The number of halogens is 1. The lowest BCUT2D eigenvalue weighted by Crippen LogP contribution is -2.35. The molecule has 34 heavy (non-hydrogen) atoms. The molecule has 1 N–H and O–H groups in total. The molecule has 1 aliphatic rings. The van der Waals surface area contributed by atoms with E-state index in [0.717, 1.165) is 23.3 Å². The predicted molar refractivity (Wildman–Crippen MR) is 130 cm³/mol.